The van der Waals surface area contributed by atoms with Gasteiger partial charge in [-0.3, -0.25) is 9.59 Å². The number of hydrogen-bond donors (Lipinski definition) is 0. The van der Waals surface area contributed by atoms with Crippen LogP contribution in [0, 0.1) is 0 Å². The molecule has 2 heterocycles. The molecule has 152 valence electrons. The van der Waals surface area contributed by atoms with Crippen LogP contribution in [0.1, 0.15) is 56.1 Å². The van der Waals surface area contributed by atoms with Crippen LogP contribution in [0.4, 0.5) is 8.78 Å². The van der Waals surface area contributed by atoms with Crippen molar-refractivity contribution in [2.75, 3.05) is 6.67 Å². The summed E-state index contributed by atoms with van der Waals surface area (Å²) in [5.41, 5.74) is -1.41. The first-order valence-corrected chi connectivity index (χ1v) is 9.83. The van der Waals surface area contributed by atoms with Gasteiger partial charge in [0.1, 0.15) is 34.6 Å². The number of halogens is 2. The highest BCUT2D eigenvalue weighted by atomic mass is 32.1. The first-order valence-electron chi connectivity index (χ1n) is 9.02. The molecule has 1 aromatic rings. The van der Waals surface area contributed by atoms with Gasteiger partial charge in [0.15, 0.2) is 11.6 Å². The van der Waals surface area contributed by atoms with E-state index in [1.807, 2.05) is 6.92 Å². The molecule has 0 bridgehead atoms. The summed E-state index contributed by atoms with van der Waals surface area (Å²) in [6, 6.07) is 0. The van der Waals surface area contributed by atoms with E-state index in [9.17, 15) is 18.4 Å². The second kappa shape index (κ2) is 8.17. The Morgan fingerprint density at radius 2 is 1.79 bits per heavy atom. The molecule has 0 N–H and O–H groups in total. The summed E-state index contributed by atoms with van der Waals surface area (Å²) < 4.78 is 31.2. The summed E-state index contributed by atoms with van der Waals surface area (Å²) in [7, 11) is 0. The van der Waals surface area contributed by atoms with Crippen LogP contribution >= 0.6 is 11.3 Å². The maximum absolute atomic E-state index is 13.4. The number of rotatable bonds is 6. The van der Waals surface area contributed by atoms with Crippen molar-refractivity contribution >= 4 is 28.5 Å². The number of alkyl halides is 1. The van der Waals surface area contributed by atoms with Gasteiger partial charge in [-0.05, 0) is 52.3 Å². The van der Waals surface area contributed by atoms with Crippen molar-refractivity contribution in [3.63, 3.8) is 0 Å². The third-order valence-electron chi connectivity index (χ3n) is 4.53. The molecule has 4 nitrogen and oxygen atoms in total. The van der Waals surface area contributed by atoms with E-state index >= 15 is 0 Å². The molecule has 0 saturated carbocycles. The zero-order valence-electron chi connectivity index (χ0n) is 16.8. The lowest BCUT2D eigenvalue weighted by Crippen LogP contribution is -2.58. The lowest BCUT2D eigenvalue weighted by atomic mass is 9.76. The first-order chi connectivity index (χ1) is 12.9. The Balaban J connectivity index is 2.46. The molecular weight excluding hydrogens is 384 g/mol. The van der Waals surface area contributed by atoms with Crippen LogP contribution in [0.25, 0.3) is 5.57 Å². The van der Waals surface area contributed by atoms with Crippen LogP contribution in [0.2, 0.25) is 0 Å². The zero-order valence-corrected chi connectivity index (χ0v) is 17.6. The number of nitrogens with zero attached hydrogens (tertiary/aromatic N) is 1. The predicted octanol–water partition coefficient (Wildman–Crippen LogP) is 4.91. The lowest BCUT2D eigenvalue weighted by Gasteiger charge is -2.42. The minimum atomic E-state index is -1.12. The van der Waals surface area contributed by atoms with Gasteiger partial charge in [-0.2, -0.15) is 0 Å². The van der Waals surface area contributed by atoms with Crippen LogP contribution in [0.15, 0.2) is 30.6 Å². The molecule has 0 aliphatic carbocycles. The summed E-state index contributed by atoms with van der Waals surface area (Å²) >= 11 is 1.31. The van der Waals surface area contributed by atoms with E-state index in [4.69, 9.17) is 4.74 Å². The number of aryl methyl sites for hydroxylation is 1. The third kappa shape index (κ3) is 4.36. The van der Waals surface area contributed by atoms with Gasteiger partial charge in [0.2, 0.25) is 0 Å². The van der Waals surface area contributed by atoms with Crippen molar-refractivity contribution in [1.82, 2.24) is 4.98 Å². The molecule has 2 rings (SSSR count). The Kier molecular flexibility index (Phi) is 6.51. The molecule has 1 aliphatic rings. The van der Waals surface area contributed by atoms with E-state index in [-0.39, 0.29) is 11.6 Å². The quantitative estimate of drug-likeness (QED) is 0.495. The zero-order chi connectivity index (χ0) is 21.3. The van der Waals surface area contributed by atoms with E-state index in [1.165, 1.54) is 17.4 Å². The Morgan fingerprint density at radius 1 is 1.21 bits per heavy atom. The molecule has 7 heteroatoms. The highest BCUT2D eigenvalue weighted by Gasteiger charge is 2.54. The Hall–Kier alpha value is -1.99. The molecular formula is C21H25F2NO3S. The molecule has 0 spiro atoms. The number of allylic oxidation sites excluding steroid dienone is 5. The highest BCUT2D eigenvalue weighted by molar-refractivity contribution is 7.13. The Morgan fingerprint density at radius 3 is 2.29 bits per heavy atom. The average molecular weight is 409 g/mol. The smallest absolute Gasteiger partial charge is 0.180 e. The summed E-state index contributed by atoms with van der Waals surface area (Å²) in [4.78, 5) is 31.3. The van der Waals surface area contributed by atoms with Crippen molar-refractivity contribution in [2.45, 2.75) is 58.2 Å². The number of thiazole rings is 1. The number of aromatic nitrogens is 1. The minimum absolute atomic E-state index is 0.332. The normalized spacial score (nSPS) is 20.2. The molecule has 1 saturated heterocycles. The van der Waals surface area contributed by atoms with Crippen LogP contribution in [0.3, 0.4) is 0 Å². The standard InChI is InChI=1S/C21H25F2NO3S/c1-7-14-16(15-17(25)20(3,4)27-21(5,6)18(15)26)24-19(28-14)12(2)8-9-13(23)10-11-22/h8-10,15H,2,7,11H2,1,3-6H3/b9-8-,13-10+. The number of ketones is 2. The van der Waals surface area contributed by atoms with E-state index < -0.39 is 29.6 Å². The molecule has 0 amide bonds. The van der Waals surface area contributed by atoms with Crippen molar-refractivity contribution in [3.05, 3.63) is 46.2 Å². The highest BCUT2D eigenvalue weighted by Crippen LogP contribution is 2.41. The van der Waals surface area contributed by atoms with Gasteiger partial charge in [-0.1, -0.05) is 13.5 Å². The van der Waals surface area contributed by atoms with Crippen LogP contribution in [-0.4, -0.2) is 34.4 Å². The second-order valence-electron chi connectivity index (χ2n) is 7.57. The predicted molar refractivity (Wildman–Crippen MR) is 107 cm³/mol. The SMILES string of the molecule is C=C(/C=C\C(F)=C/CF)c1nc(C2C(=O)C(C)(C)OC(C)(C)C2=O)c(CC)s1. The molecule has 28 heavy (non-hydrogen) atoms. The number of carbonyl (C=O) groups excluding carboxylic acids is 2. The van der Waals surface area contributed by atoms with Crippen molar-refractivity contribution < 1.29 is 23.1 Å². The fourth-order valence-corrected chi connectivity index (χ4v) is 4.16. The number of ether oxygens (including phenoxy) is 1. The van der Waals surface area contributed by atoms with Crippen molar-refractivity contribution in [2.24, 2.45) is 0 Å². The van der Waals surface area contributed by atoms with Crippen LogP contribution in [0.5, 0.6) is 0 Å². The third-order valence-corrected chi connectivity index (χ3v) is 5.83. The van der Waals surface area contributed by atoms with E-state index in [0.717, 1.165) is 17.0 Å². The fraction of sp³-hybridized carbons (Fsp3) is 0.476. The topological polar surface area (TPSA) is 56.3 Å². The summed E-state index contributed by atoms with van der Waals surface area (Å²) in [6.07, 6.45) is 3.88. The minimum Gasteiger partial charge on any atom is -0.354 e. The molecule has 0 radical (unpaired) electrons. The van der Waals surface area contributed by atoms with E-state index in [2.05, 4.69) is 11.6 Å². The lowest BCUT2D eigenvalue weighted by molar-refractivity contribution is -0.184. The Labute approximate surface area is 168 Å². The molecule has 1 fully saturated rings. The first kappa shape index (κ1) is 22.3. The Bertz CT molecular complexity index is 839. The maximum Gasteiger partial charge on any atom is 0.180 e. The van der Waals surface area contributed by atoms with E-state index in [1.54, 1.807) is 27.7 Å². The van der Waals surface area contributed by atoms with Crippen LogP contribution in [-0.2, 0) is 20.7 Å². The van der Waals surface area contributed by atoms with Gasteiger partial charge in [0.25, 0.3) is 0 Å². The van der Waals surface area contributed by atoms with Gasteiger partial charge in [-0.15, -0.1) is 11.3 Å². The summed E-state index contributed by atoms with van der Waals surface area (Å²) in [6.45, 7) is 11.5. The summed E-state index contributed by atoms with van der Waals surface area (Å²) in [5, 5.41) is 0.485. The molecule has 0 unspecified atom stereocenters. The molecule has 1 aliphatic heterocycles. The second-order valence-corrected chi connectivity index (χ2v) is 8.65. The molecule has 0 atom stereocenters. The fourth-order valence-electron chi connectivity index (χ4n) is 3.17. The van der Waals surface area contributed by atoms with Gasteiger partial charge in [0.05, 0.1) is 5.69 Å². The van der Waals surface area contributed by atoms with Gasteiger partial charge < -0.3 is 4.74 Å². The number of Topliss-reactive ketones (excluding diaryl/α,β-unsaturated/α-hetero) is 2. The largest absolute Gasteiger partial charge is 0.354 e. The summed E-state index contributed by atoms with van der Waals surface area (Å²) in [5.74, 6) is -2.39. The monoisotopic (exact) mass is 409 g/mol. The van der Waals surface area contributed by atoms with Crippen molar-refractivity contribution in [1.29, 1.82) is 0 Å². The van der Waals surface area contributed by atoms with Gasteiger partial charge in [0, 0.05) is 10.5 Å². The van der Waals surface area contributed by atoms with Gasteiger partial charge in [-0.25, -0.2) is 13.8 Å². The van der Waals surface area contributed by atoms with Crippen LogP contribution < -0.4 is 0 Å². The molecule has 0 aromatic carbocycles. The average Bonchev–Trinajstić information content (AvgIpc) is 3.02. The number of carbonyl (C=O) groups is 2. The van der Waals surface area contributed by atoms with Crippen molar-refractivity contribution in [3.8, 4) is 0 Å². The van der Waals surface area contributed by atoms with E-state index in [0.29, 0.717) is 22.7 Å². The number of hydrogen-bond acceptors (Lipinski definition) is 5. The molecule has 1 aromatic heterocycles. The maximum atomic E-state index is 13.4. The van der Waals surface area contributed by atoms with Gasteiger partial charge >= 0.3 is 0 Å².